The number of aliphatic hydroxyl groups excluding tert-OH is 1. The minimum Gasteiger partial charge on any atom is -0.392 e. The molecule has 0 bridgehead atoms. The number of rotatable bonds is 4. The molecule has 1 amide bonds. The lowest BCUT2D eigenvalue weighted by molar-refractivity contribution is -0.126. The molecule has 2 N–H and O–H groups in total. The summed E-state index contributed by atoms with van der Waals surface area (Å²) in [5, 5.41) is 12.6. The van der Waals surface area contributed by atoms with Gasteiger partial charge in [0.2, 0.25) is 5.91 Å². The van der Waals surface area contributed by atoms with Gasteiger partial charge in [0.15, 0.2) is 0 Å². The van der Waals surface area contributed by atoms with E-state index in [1.165, 1.54) is 5.56 Å². The third-order valence-electron chi connectivity index (χ3n) is 4.14. The summed E-state index contributed by atoms with van der Waals surface area (Å²) < 4.78 is 0. The van der Waals surface area contributed by atoms with Crippen LogP contribution in [0.4, 0.5) is 0 Å². The van der Waals surface area contributed by atoms with Crippen LogP contribution in [0.15, 0.2) is 24.3 Å². The van der Waals surface area contributed by atoms with Gasteiger partial charge >= 0.3 is 0 Å². The second-order valence-corrected chi connectivity index (χ2v) is 5.70. The van der Waals surface area contributed by atoms with Crippen molar-refractivity contribution in [3.8, 4) is 0 Å². The molecule has 4 nitrogen and oxygen atoms in total. The molecule has 1 aromatic carbocycles. The Labute approximate surface area is 120 Å². The number of hydrogen-bond acceptors (Lipinski definition) is 3. The standard InChI is InChI=1S/C16H24N2O2/c1-11-6-4-5-7-15(11)12(2)17-16(20)13(3)18-9-8-14(19)10-18/h4-7,12-14,19H,8-10H2,1-3H3,(H,17,20)/t12?,13?,14-/m1/s1. The van der Waals surface area contributed by atoms with Crippen molar-refractivity contribution in [3.63, 3.8) is 0 Å². The molecule has 0 saturated carbocycles. The Morgan fingerprint density at radius 2 is 2.10 bits per heavy atom. The maximum atomic E-state index is 12.3. The average molecular weight is 276 g/mol. The zero-order valence-electron chi connectivity index (χ0n) is 12.5. The van der Waals surface area contributed by atoms with Crippen molar-refractivity contribution in [2.75, 3.05) is 13.1 Å². The van der Waals surface area contributed by atoms with Crippen LogP contribution in [0.1, 0.15) is 37.4 Å². The molecule has 0 spiro atoms. The Hall–Kier alpha value is -1.39. The highest BCUT2D eigenvalue weighted by Crippen LogP contribution is 2.18. The minimum atomic E-state index is -0.293. The van der Waals surface area contributed by atoms with Gasteiger partial charge < -0.3 is 10.4 Å². The van der Waals surface area contributed by atoms with Crippen molar-refractivity contribution < 1.29 is 9.90 Å². The summed E-state index contributed by atoms with van der Waals surface area (Å²) in [7, 11) is 0. The number of aliphatic hydroxyl groups is 1. The minimum absolute atomic E-state index is 0.00123. The molecular formula is C16H24N2O2. The zero-order chi connectivity index (χ0) is 14.7. The fraction of sp³-hybridized carbons (Fsp3) is 0.562. The van der Waals surface area contributed by atoms with Gasteiger partial charge in [-0.25, -0.2) is 0 Å². The molecule has 110 valence electrons. The first-order valence-electron chi connectivity index (χ1n) is 7.27. The third kappa shape index (κ3) is 3.38. The van der Waals surface area contributed by atoms with Crippen LogP contribution in [0.2, 0.25) is 0 Å². The van der Waals surface area contributed by atoms with E-state index in [4.69, 9.17) is 0 Å². The summed E-state index contributed by atoms with van der Waals surface area (Å²) in [4.78, 5) is 14.3. The highest BCUT2D eigenvalue weighted by molar-refractivity contribution is 5.81. The first-order chi connectivity index (χ1) is 9.49. The lowest BCUT2D eigenvalue weighted by atomic mass is 10.0. The van der Waals surface area contributed by atoms with E-state index in [2.05, 4.69) is 18.3 Å². The van der Waals surface area contributed by atoms with Crippen LogP contribution in [-0.4, -0.2) is 41.1 Å². The Morgan fingerprint density at radius 3 is 2.70 bits per heavy atom. The SMILES string of the molecule is Cc1ccccc1C(C)NC(=O)C(C)N1CC[C@@H](O)C1. The largest absolute Gasteiger partial charge is 0.392 e. The van der Waals surface area contributed by atoms with Gasteiger partial charge in [-0.15, -0.1) is 0 Å². The Bertz CT molecular complexity index is 475. The Kier molecular flexibility index (Phi) is 4.78. The van der Waals surface area contributed by atoms with Crippen molar-refractivity contribution >= 4 is 5.91 Å². The number of β-amino-alcohol motifs (C(OH)–C–C–N with tert-alkyl or cyclic N) is 1. The number of carbonyl (C=O) groups is 1. The van der Waals surface area contributed by atoms with E-state index in [1.807, 2.05) is 36.9 Å². The van der Waals surface area contributed by atoms with Gasteiger partial charge in [-0.05, 0) is 38.3 Å². The van der Waals surface area contributed by atoms with Crippen LogP contribution >= 0.6 is 0 Å². The van der Waals surface area contributed by atoms with Gasteiger partial charge in [-0.1, -0.05) is 24.3 Å². The summed E-state index contributed by atoms with van der Waals surface area (Å²) in [5.74, 6) is 0.0230. The number of carbonyl (C=O) groups excluding carboxylic acids is 1. The molecule has 1 saturated heterocycles. The van der Waals surface area contributed by atoms with Crippen LogP contribution in [0, 0.1) is 6.92 Å². The van der Waals surface area contributed by atoms with Gasteiger partial charge in [-0.2, -0.15) is 0 Å². The fourth-order valence-electron chi connectivity index (χ4n) is 2.77. The Morgan fingerprint density at radius 1 is 1.40 bits per heavy atom. The first kappa shape index (κ1) is 15.0. The third-order valence-corrected chi connectivity index (χ3v) is 4.14. The first-order valence-corrected chi connectivity index (χ1v) is 7.27. The molecule has 2 unspecified atom stereocenters. The van der Waals surface area contributed by atoms with E-state index in [1.54, 1.807) is 0 Å². The van der Waals surface area contributed by atoms with Crippen molar-refractivity contribution in [3.05, 3.63) is 35.4 Å². The monoisotopic (exact) mass is 276 g/mol. The van der Waals surface area contributed by atoms with Crippen molar-refractivity contribution in [1.82, 2.24) is 10.2 Å². The number of benzene rings is 1. The molecule has 1 heterocycles. The van der Waals surface area contributed by atoms with Gasteiger partial charge in [0, 0.05) is 13.1 Å². The van der Waals surface area contributed by atoms with Crippen LogP contribution in [-0.2, 0) is 4.79 Å². The molecule has 0 aromatic heterocycles. The predicted molar refractivity (Wildman–Crippen MR) is 79.4 cm³/mol. The summed E-state index contributed by atoms with van der Waals surface area (Å²) in [5.41, 5.74) is 2.33. The van der Waals surface area contributed by atoms with Gasteiger partial charge in [-0.3, -0.25) is 9.69 Å². The van der Waals surface area contributed by atoms with E-state index < -0.39 is 0 Å². The topological polar surface area (TPSA) is 52.6 Å². The number of nitrogens with zero attached hydrogens (tertiary/aromatic N) is 1. The zero-order valence-corrected chi connectivity index (χ0v) is 12.5. The highest BCUT2D eigenvalue weighted by Gasteiger charge is 2.29. The summed E-state index contributed by atoms with van der Waals surface area (Å²) in [6.07, 6.45) is 0.462. The lowest BCUT2D eigenvalue weighted by Crippen LogP contribution is -2.45. The second-order valence-electron chi connectivity index (χ2n) is 5.70. The molecule has 20 heavy (non-hydrogen) atoms. The van der Waals surface area contributed by atoms with Crippen LogP contribution in [0.3, 0.4) is 0 Å². The maximum absolute atomic E-state index is 12.3. The lowest BCUT2D eigenvalue weighted by Gasteiger charge is -2.25. The van der Waals surface area contributed by atoms with Crippen LogP contribution < -0.4 is 5.32 Å². The number of amides is 1. The summed E-state index contributed by atoms with van der Waals surface area (Å²) in [6, 6.07) is 7.90. The van der Waals surface area contributed by atoms with Crippen molar-refractivity contribution in [2.45, 2.75) is 45.4 Å². The summed E-state index contributed by atoms with van der Waals surface area (Å²) in [6.45, 7) is 7.34. The predicted octanol–water partition coefficient (Wildman–Crippen LogP) is 1.63. The van der Waals surface area contributed by atoms with E-state index in [9.17, 15) is 9.90 Å². The molecule has 0 radical (unpaired) electrons. The molecule has 1 fully saturated rings. The molecule has 1 aromatic rings. The number of likely N-dealkylation sites (tertiary alicyclic amines) is 1. The molecule has 0 aliphatic carbocycles. The number of hydrogen-bond donors (Lipinski definition) is 2. The molecule has 2 rings (SSSR count). The highest BCUT2D eigenvalue weighted by atomic mass is 16.3. The maximum Gasteiger partial charge on any atom is 0.237 e. The van der Waals surface area contributed by atoms with Crippen molar-refractivity contribution in [2.24, 2.45) is 0 Å². The van der Waals surface area contributed by atoms with Crippen LogP contribution in [0.25, 0.3) is 0 Å². The molecular weight excluding hydrogens is 252 g/mol. The van der Waals surface area contributed by atoms with Crippen molar-refractivity contribution in [1.29, 1.82) is 0 Å². The van der Waals surface area contributed by atoms with Gasteiger partial charge in [0.1, 0.15) is 0 Å². The number of nitrogens with one attached hydrogen (secondary N) is 1. The van der Waals surface area contributed by atoms with E-state index in [-0.39, 0.29) is 24.1 Å². The van der Waals surface area contributed by atoms with Gasteiger partial charge in [0.25, 0.3) is 0 Å². The Balaban J connectivity index is 1.95. The van der Waals surface area contributed by atoms with Gasteiger partial charge in [0.05, 0.1) is 18.2 Å². The van der Waals surface area contributed by atoms with Crippen LogP contribution in [0.5, 0.6) is 0 Å². The van der Waals surface area contributed by atoms with E-state index in [0.717, 1.165) is 18.5 Å². The smallest absolute Gasteiger partial charge is 0.237 e. The van der Waals surface area contributed by atoms with E-state index in [0.29, 0.717) is 6.54 Å². The quantitative estimate of drug-likeness (QED) is 0.879. The molecule has 1 aliphatic heterocycles. The van der Waals surface area contributed by atoms with E-state index >= 15 is 0 Å². The molecule has 3 atom stereocenters. The molecule has 4 heteroatoms. The normalized spacial score (nSPS) is 22.5. The second kappa shape index (κ2) is 6.37. The fourth-order valence-corrected chi connectivity index (χ4v) is 2.77. The average Bonchev–Trinajstić information content (AvgIpc) is 2.84. The summed E-state index contributed by atoms with van der Waals surface area (Å²) >= 11 is 0. The number of aryl methyl sites for hydroxylation is 1. The molecule has 1 aliphatic rings.